The molecule has 0 saturated carbocycles. The van der Waals surface area contributed by atoms with Gasteiger partial charge in [-0.2, -0.15) is 0 Å². The van der Waals surface area contributed by atoms with Crippen LogP contribution < -0.4 is 5.32 Å². The number of nitrogens with zero attached hydrogens (tertiary/aromatic N) is 1. The average molecular weight is 459 g/mol. The number of carbonyl (C=O) groups is 2. The third-order valence-corrected chi connectivity index (χ3v) is 5.80. The molecule has 2 aromatic carbocycles. The fourth-order valence-corrected chi connectivity index (χ4v) is 4.29. The van der Waals surface area contributed by atoms with Crippen LogP contribution in [0.2, 0.25) is 5.02 Å². The Morgan fingerprint density at radius 3 is 2.55 bits per heavy atom. The molecule has 160 valence electrons. The standard InChI is InChI=1S/C22H19ClN2O5S/c1-4-30-22(27)19-17(15-7-5-12(2)9-13(15)3)11-31-21(19)24-20(26)16-10-14(25(28)29)6-8-18(16)23/h5-11H,4H2,1-3H3,(H,24,26). The number of ether oxygens (including phenoxy) is 1. The van der Waals surface area contributed by atoms with E-state index in [1.165, 1.54) is 23.5 Å². The SMILES string of the molecule is CCOC(=O)c1c(-c2ccc(C)cc2C)csc1NC(=O)c1cc([N+](=O)[O-])ccc1Cl. The molecule has 0 radical (unpaired) electrons. The average Bonchev–Trinajstić information content (AvgIpc) is 3.11. The predicted molar refractivity (Wildman–Crippen MR) is 121 cm³/mol. The van der Waals surface area contributed by atoms with Crippen LogP contribution in [0.3, 0.4) is 0 Å². The number of carbonyl (C=O) groups excluding carboxylic acids is 2. The Hall–Kier alpha value is -3.23. The fourth-order valence-electron chi connectivity index (χ4n) is 3.14. The van der Waals surface area contributed by atoms with Crippen LogP contribution in [0, 0.1) is 24.0 Å². The second-order valence-electron chi connectivity index (χ2n) is 6.77. The molecule has 9 heteroatoms. The van der Waals surface area contributed by atoms with Crippen LogP contribution in [-0.4, -0.2) is 23.4 Å². The molecule has 0 unspecified atom stereocenters. The lowest BCUT2D eigenvalue weighted by atomic mass is 9.97. The molecule has 0 aliphatic rings. The molecule has 1 heterocycles. The summed E-state index contributed by atoms with van der Waals surface area (Å²) in [4.78, 5) is 36.0. The van der Waals surface area contributed by atoms with E-state index in [1.54, 1.807) is 12.3 Å². The van der Waals surface area contributed by atoms with Gasteiger partial charge >= 0.3 is 5.97 Å². The summed E-state index contributed by atoms with van der Waals surface area (Å²) in [6, 6.07) is 9.46. The summed E-state index contributed by atoms with van der Waals surface area (Å²) in [6.45, 7) is 5.79. The van der Waals surface area contributed by atoms with Gasteiger partial charge in [0.25, 0.3) is 11.6 Å². The maximum Gasteiger partial charge on any atom is 0.341 e. The molecule has 3 rings (SSSR count). The largest absolute Gasteiger partial charge is 0.462 e. The van der Waals surface area contributed by atoms with E-state index in [0.29, 0.717) is 5.56 Å². The van der Waals surface area contributed by atoms with Gasteiger partial charge in [-0.3, -0.25) is 14.9 Å². The van der Waals surface area contributed by atoms with Crippen molar-refractivity contribution in [3.63, 3.8) is 0 Å². The van der Waals surface area contributed by atoms with Crippen molar-refractivity contribution >= 4 is 45.5 Å². The number of anilines is 1. The van der Waals surface area contributed by atoms with E-state index in [4.69, 9.17) is 16.3 Å². The van der Waals surface area contributed by atoms with Crippen LogP contribution in [0.5, 0.6) is 0 Å². The van der Waals surface area contributed by atoms with Crippen LogP contribution in [0.25, 0.3) is 11.1 Å². The van der Waals surface area contributed by atoms with Crippen molar-refractivity contribution in [2.75, 3.05) is 11.9 Å². The van der Waals surface area contributed by atoms with Gasteiger partial charge in [0.15, 0.2) is 0 Å². The van der Waals surface area contributed by atoms with E-state index < -0.39 is 16.8 Å². The lowest BCUT2D eigenvalue weighted by molar-refractivity contribution is -0.384. The zero-order chi connectivity index (χ0) is 22.7. The van der Waals surface area contributed by atoms with E-state index in [9.17, 15) is 19.7 Å². The number of aryl methyl sites for hydroxylation is 2. The first-order valence-electron chi connectivity index (χ1n) is 9.34. The van der Waals surface area contributed by atoms with Crippen LogP contribution in [0.4, 0.5) is 10.7 Å². The minimum Gasteiger partial charge on any atom is -0.462 e. The number of nitro groups is 1. The van der Waals surface area contributed by atoms with E-state index in [2.05, 4.69) is 5.32 Å². The van der Waals surface area contributed by atoms with Gasteiger partial charge in [0, 0.05) is 23.1 Å². The molecular formula is C22H19ClN2O5S. The first-order valence-corrected chi connectivity index (χ1v) is 10.6. The number of amides is 1. The lowest BCUT2D eigenvalue weighted by Crippen LogP contribution is -2.15. The number of nitro benzene ring substituents is 1. The summed E-state index contributed by atoms with van der Waals surface area (Å²) in [7, 11) is 0. The summed E-state index contributed by atoms with van der Waals surface area (Å²) in [5.41, 5.74) is 3.45. The topological polar surface area (TPSA) is 98.5 Å². The third kappa shape index (κ3) is 4.76. The Morgan fingerprint density at radius 1 is 1.16 bits per heavy atom. The quantitative estimate of drug-likeness (QED) is 0.276. The maximum absolute atomic E-state index is 12.8. The molecule has 0 atom stereocenters. The van der Waals surface area contributed by atoms with Gasteiger partial charge < -0.3 is 10.1 Å². The number of esters is 1. The Bertz CT molecular complexity index is 1190. The van der Waals surface area contributed by atoms with Crippen molar-refractivity contribution in [1.29, 1.82) is 0 Å². The molecule has 0 aliphatic heterocycles. The molecule has 3 aromatic rings. The highest BCUT2D eigenvalue weighted by molar-refractivity contribution is 7.15. The number of halogens is 1. The van der Waals surface area contributed by atoms with Crippen LogP contribution in [-0.2, 0) is 4.74 Å². The molecule has 0 spiro atoms. The number of benzene rings is 2. The Morgan fingerprint density at radius 2 is 1.90 bits per heavy atom. The molecule has 0 saturated heterocycles. The smallest absolute Gasteiger partial charge is 0.341 e. The van der Waals surface area contributed by atoms with Gasteiger partial charge in [0.2, 0.25) is 0 Å². The minimum atomic E-state index is -0.659. The zero-order valence-corrected chi connectivity index (χ0v) is 18.6. The van der Waals surface area contributed by atoms with Gasteiger partial charge in [-0.05, 0) is 38.0 Å². The van der Waals surface area contributed by atoms with Crippen molar-refractivity contribution in [2.45, 2.75) is 20.8 Å². The van der Waals surface area contributed by atoms with Crippen LogP contribution in [0.15, 0.2) is 41.8 Å². The molecule has 1 N–H and O–H groups in total. The van der Waals surface area contributed by atoms with E-state index in [-0.39, 0.29) is 33.4 Å². The molecular weight excluding hydrogens is 440 g/mol. The van der Waals surface area contributed by atoms with Crippen molar-refractivity contribution in [2.24, 2.45) is 0 Å². The highest BCUT2D eigenvalue weighted by Gasteiger charge is 2.25. The summed E-state index contributed by atoms with van der Waals surface area (Å²) < 4.78 is 5.22. The summed E-state index contributed by atoms with van der Waals surface area (Å²) in [6.07, 6.45) is 0. The lowest BCUT2D eigenvalue weighted by Gasteiger charge is -2.11. The van der Waals surface area contributed by atoms with E-state index >= 15 is 0 Å². The van der Waals surface area contributed by atoms with Gasteiger partial charge in [-0.1, -0.05) is 35.4 Å². The Kier molecular flexibility index (Phi) is 6.72. The highest BCUT2D eigenvalue weighted by Crippen LogP contribution is 2.38. The zero-order valence-electron chi connectivity index (χ0n) is 17.0. The van der Waals surface area contributed by atoms with Crippen molar-refractivity contribution in [3.8, 4) is 11.1 Å². The first-order chi connectivity index (χ1) is 14.7. The number of hydrogen-bond acceptors (Lipinski definition) is 6. The van der Waals surface area contributed by atoms with Gasteiger partial charge in [0.05, 0.1) is 22.1 Å². The molecule has 1 aromatic heterocycles. The molecule has 7 nitrogen and oxygen atoms in total. The van der Waals surface area contributed by atoms with Gasteiger partial charge in [0.1, 0.15) is 10.6 Å². The highest BCUT2D eigenvalue weighted by atomic mass is 35.5. The van der Waals surface area contributed by atoms with E-state index in [0.717, 1.165) is 22.8 Å². The fraction of sp³-hybridized carbons (Fsp3) is 0.182. The summed E-state index contributed by atoms with van der Waals surface area (Å²) >= 11 is 7.25. The number of nitrogens with one attached hydrogen (secondary N) is 1. The number of hydrogen-bond donors (Lipinski definition) is 1. The third-order valence-electron chi connectivity index (χ3n) is 4.58. The second-order valence-corrected chi connectivity index (χ2v) is 8.05. The van der Waals surface area contributed by atoms with Crippen molar-refractivity contribution in [3.05, 3.63) is 79.2 Å². The summed E-state index contributed by atoms with van der Waals surface area (Å²) in [5.74, 6) is -1.23. The molecule has 0 bridgehead atoms. The second kappa shape index (κ2) is 9.28. The predicted octanol–water partition coefficient (Wildman–Crippen LogP) is 6.02. The Balaban J connectivity index is 2.05. The first kappa shape index (κ1) is 22.5. The molecule has 0 fully saturated rings. The van der Waals surface area contributed by atoms with Crippen molar-refractivity contribution in [1.82, 2.24) is 0 Å². The number of rotatable bonds is 6. The van der Waals surface area contributed by atoms with Crippen LogP contribution in [0.1, 0.15) is 38.8 Å². The van der Waals surface area contributed by atoms with Crippen LogP contribution >= 0.6 is 22.9 Å². The minimum absolute atomic E-state index is 0.0620. The normalized spacial score (nSPS) is 10.6. The van der Waals surface area contributed by atoms with Gasteiger partial charge in [-0.25, -0.2) is 4.79 Å². The monoisotopic (exact) mass is 458 g/mol. The molecule has 1 amide bonds. The van der Waals surface area contributed by atoms with E-state index in [1.807, 2.05) is 32.0 Å². The van der Waals surface area contributed by atoms with Crippen molar-refractivity contribution < 1.29 is 19.2 Å². The Labute approximate surface area is 187 Å². The van der Waals surface area contributed by atoms with Gasteiger partial charge in [-0.15, -0.1) is 11.3 Å². The number of thiophene rings is 1. The molecule has 31 heavy (non-hydrogen) atoms. The summed E-state index contributed by atoms with van der Waals surface area (Å²) in [5, 5.41) is 15.8. The number of non-ortho nitro benzene ring substituents is 1. The maximum atomic E-state index is 12.8. The molecule has 0 aliphatic carbocycles.